The quantitative estimate of drug-likeness (QED) is 0.634. The van der Waals surface area contributed by atoms with Crippen LogP contribution in [-0.4, -0.2) is 75.3 Å². The molecule has 1 N–H and O–H groups in total. The average Bonchev–Trinajstić information content (AvgIpc) is 2.94. The van der Waals surface area contributed by atoms with Crippen molar-refractivity contribution < 1.29 is 4.74 Å². The first-order valence-corrected chi connectivity index (χ1v) is 8.80. The maximum absolute atomic E-state index is 5.56. The molecule has 0 aromatic heterocycles. The summed E-state index contributed by atoms with van der Waals surface area (Å²) in [5.41, 5.74) is 0.817. The Balaban J connectivity index is 1.58. The first-order valence-electron chi connectivity index (χ1n) is 8.80. The zero-order valence-corrected chi connectivity index (χ0v) is 14.5. The number of hydrogen-bond donors (Lipinski definition) is 1. The number of guanidine groups is 1. The van der Waals surface area contributed by atoms with Crippen LogP contribution in [0.15, 0.2) is 4.99 Å². The summed E-state index contributed by atoms with van der Waals surface area (Å²) in [5, 5.41) is 3.67. The highest BCUT2D eigenvalue weighted by molar-refractivity contribution is 5.80. The Morgan fingerprint density at radius 3 is 2.41 bits per heavy atom. The standard InChI is InChI=1S/C17H32N4O/c1-18-15(21-10-7-16(14-21)5-4-6-16)19-13-17(20(2)3)8-11-22-12-9-17/h4-14H2,1-3H3,(H,18,19). The molecule has 2 saturated heterocycles. The average molecular weight is 308 g/mol. The van der Waals surface area contributed by atoms with Gasteiger partial charge in [-0.3, -0.25) is 4.99 Å². The minimum absolute atomic E-state index is 0.196. The molecule has 0 unspecified atom stereocenters. The van der Waals surface area contributed by atoms with Gasteiger partial charge in [0.1, 0.15) is 0 Å². The molecule has 0 aromatic carbocycles. The molecule has 1 aliphatic carbocycles. The van der Waals surface area contributed by atoms with Crippen molar-refractivity contribution in [3.8, 4) is 0 Å². The van der Waals surface area contributed by atoms with Gasteiger partial charge in [0.2, 0.25) is 0 Å². The zero-order chi connectivity index (χ0) is 15.6. The van der Waals surface area contributed by atoms with Crippen LogP contribution in [0.4, 0.5) is 0 Å². The highest BCUT2D eigenvalue weighted by Crippen LogP contribution is 2.47. The van der Waals surface area contributed by atoms with Crippen molar-refractivity contribution in [1.29, 1.82) is 0 Å². The van der Waals surface area contributed by atoms with Gasteiger partial charge >= 0.3 is 0 Å². The van der Waals surface area contributed by atoms with Gasteiger partial charge in [0, 0.05) is 45.4 Å². The van der Waals surface area contributed by atoms with Crippen LogP contribution in [0, 0.1) is 5.41 Å². The summed E-state index contributed by atoms with van der Waals surface area (Å²) < 4.78 is 5.56. The summed E-state index contributed by atoms with van der Waals surface area (Å²) in [6.45, 7) is 5.05. The number of likely N-dealkylation sites (N-methyl/N-ethyl adjacent to an activating group) is 1. The Kier molecular flexibility index (Phi) is 4.64. The van der Waals surface area contributed by atoms with E-state index in [9.17, 15) is 0 Å². The van der Waals surface area contributed by atoms with E-state index in [0.29, 0.717) is 5.41 Å². The van der Waals surface area contributed by atoms with Crippen LogP contribution in [0.2, 0.25) is 0 Å². The third-order valence-electron chi connectivity index (χ3n) is 6.31. The summed E-state index contributed by atoms with van der Waals surface area (Å²) in [6, 6.07) is 0. The summed E-state index contributed by atoms with van der Waals surface area (Å²) in [6.07, 6.45) is 7.78. The maximum Gasteiger partial charge on any atom is 0.193 e. The molecule has 1 spiro atoms. The molecule has 2 aliphatic heterocycles. The van der Waals surface area contributed by atoms with Crippen LogP contribution in [-0.2, 0) is 4.74 Å². The topological polar surface area (TPSA) is 40.1 Å². The van der Waals surface area contributed by atoms with E-state index in [1.807, 2.05) is 7.05 Å². The van der Waals surface area contributed by atoms with Crippen molar-refractivity contribution in [3.63, 3.8) is 0 Å². The minimum atomic E-state index is 0.196. The smallest absolute Gasteiger partial charge is 0.193 e. The Morgan fingerprint density at radius 1 is 1.18 bits per heavy atom. The number of likely N-dealkylation sites (tertiary alicyclic amines) is 1. The zero-order valence-electron chi connectivity index (χ0n) is 14.5. The lowest BCUT2D eigenvalue weighted by Crippen LogP contribution is -2.57. The van der Waals surface area contributed by atoms with Crippen molar-refractivity contribution in [2.45, 2.75) is 44.1 Å². The van der Waals surface area contributed by atoms with Crippen LogP contribution in [0.1, 0.15) is 38.5 Å². The monoisotopic (exact) mass is 308 g/mol. The molecular weight excluding hydrogens is 276 g/mol. The molecule has 1 saturated carbocycles. The van der Waals surface area contributed by atoms with Crippen molar-refractivity contribution in [2.24, 2.45) is 10.4 Å². The molecule has 0 radical (unpaired) electrons. The van der Waals surface area contributed by atoms with Crippen LogP contribution in [0.25, 0.3) is 0 Å². The number of aliphatic imine (C=N–C) groups is 1. The second-order valence-electron chi connectivity index (χ2n) is 7.66. The molecule has 3 rings (SSSR count). The van der Waals surface area contributed by atoms with E-state index in [2.05, 4.69) is 34.2 Å². The molecule has 0 atom stereocenters. The van der Waals surface area contributed by atoms with Gasteiger partial charge in [-0.25, -0.2) is 0 Å². The molecule has 0 aromatic rings. The van der Waals surface area contributed by atoms with E-state index in [1.165, 1.54) is 32.2 Å². The summed E-state index contributed by atoms with van der Waals surface area (Å²) in [4.78, 5) is 9.39. The van der Waals surface area contributed by atoms with Gasteiger partial charge in [-0.2, -0.15) is 0 Å². The van der Waals surface area contributed by atoms with E-state index in [-0.39, 0.29) is 5.54 Å². The van der Waals surface area contributed by atoms with Gasteiger partial charge in [-0.15, -0.1) is 0 Å². The van der Waals surface area contributed by atoms with Gasteiger partial charge < -0.3 is 19.9 Å². The van der Waals surface area contributed by atoms with Gasteiger partial charge in [0.15, 0.2) is 5.96 Å². The fourth-order valence-corrected chi connectivity index (χ4v) is 4.31. The first kappa shape index (κ1) is 16.1. The fourth-order valence-electron chi connectivity index (χ4n) is 4.31. The number of nitrogens with zero attached hydrogens (tertiary/aromatic N) is 3. The summed E-state index contributed by atoms with van der Waals surface area (Å²) >= 11 is 0. The molecule has 3 fully saturated rings. The van der Waals surface area contributed by atoms with Gasteiger partial charge in [0.05, 0.1) is 0 Å². The maximum atomic E-state index is 5.56. The predicted molar refractivity (Wildman–Crippen MR) is 90.3 cm³/mol. The number of hydrogen-bond acceptors (Lipinski definition) is 3. The highest BCUT2D eigenvalue weighted by Gasteiger charge is 2.44. The lowest BCUT2D eigenvalue weighted by Gasteiger charge is -2.43. The molecule has 22 heavy (non-hydrogen) atoms. The predicted octanol–water partition coefficient (Wildman–Crippen LogP) is 1.55. The van der Waals surface area contributed by atoms with Gasteiger partial charge in [0.25, 0.3) is 0 Å². The van der Waals surface area contributed by atoms with Crippen LogP contribution in [0.5, 0.6) is 0 Å². The van der Waals surface area contributed by atoms with E-state index in [1.54, 1.807) is 0 Å². The molecule has 0 bridgehead atoms. The Hall–Kier alpha value is -0.810. The highest BCUT2D eigenvalue weighted by atomic mass is 16.5. The first-order chi connectivity index (χ1) is 10.6. The molecule has 5 heteroatoms. The largest absolute Gasteiger partial charge is 0.381 e. The van der Waals surface area contributed by atoms with Crippen LogP contribution >= 0.6 is 0 Å². The summed E-state index contributed by atoms with van der Waals surface area (Å²) in [5.74, 6) is 1.09. The van der Waals surface area contributed by atoms with Crippen molar-refractivity contribution >= 4 is 5.96 Å². The van der Waals surface area contributed by atoms with Crippen molar-refractivity contribution in [1.82, 2.24) is 15.1 Å². The number of nitrogens with one attached hydrogen (secondary N) is 1. The third kappa shape index (κ3) is 2.98. The van der Waals surface area contributed by atoms with Gasteiger partial charge in [-0.05, 0) is 51.6 Å². The number of ether oxygens (including phenoxy) is 1. The van der Waals surface area contributed by atoms with E-state index in [0.717, 1.165) is 45.1 Å². The van der Waals surface area contributed by atoms with E-state index in [4.69, 9.17) is 4.74 Å². The molecule has 2 heterocycles. The molecule has 5 nitrogen and oxygen atoms in total. The Bertz CT molecular complexity index is 411. The second kappa shape index (κ2) is 6.36. The molecule has 0 amide bonds. The lowest BCUT2D eigenvalue weighted by atomic mass is 9.68. The van der Waals surface area contributed by atoms with E-state index >= 15 is 0 Å². The molecule has 126 valence electrons. The fraction of sp³-hybridized carbons (Fsp3) is 0.941. The summed E-state index contributed by atoms with van der Waals surface area (Å²) in [7, 11) is 6.30. The van der Waals surface area contributed by atoms with Crippen molar-refractivity contribution in [3.05, 3.63) is 0 Å². The number of rotatable bonds is 3. The van der Waals surface area contributed by atoms with Crippen molar-refractivity contribution in [2.75, 3.05) is 54.0 Å². The minimum Gasteiger partial charge on any atom is -0.381 e. The Morgan fingerprint density at radius 2 is 1.91 bits per heavy atom. The lowest BCUT2D eigenvalue weighted by molar-refractivity contribution is -0.00525. The van der Waals surface area contributed by atoms with E-state index < -0.39 is 0 Å². The normalized spacial score (nSPS) is 27.3. The SMILES string of the molecule is CN=C(NCC1(N(C)C)CCOCC1)N1CCC2(CCC2)C1. The third-order valence-corrected chi connectivity index (χ3v) is 6.31. The Labute approximate surface area is 135 Å². The van der Waals surface area contributed by atoms with Crippen LogP contribution < -0.4 is 5.32 Å². The van der Waals surface area contributed by atoms with Gasteiger partial charge in [-0.1, -0.05) is 6.42 Å². The second-order valence-corrected chi connectivity index (χ2v) is 7.66. The van der Waals surface area contributed by atoms with Crippen LogP contribution in [0.3, 0.4) is 0 Å². The molecule has 3 aliphatic rings. The molecular formula is C17H32N4O.